The Balaban J connectivity index is 1.97. The van der Waals surface area contributed by atoms with Crippen molar-refractivity contribution in [3.63, 3.8) is 0 Å². The van der Waals surface area contributed by atoms with Crippen molar-refractivity contribution in [1.82, 2.24) is 5.32 Å². The molecule has 0 atom stereocenters. The molecular weight excluding hydrogens is 210 g/mol. The largest absolute Gasteiger partial charge is 0.375 e. The van der Waals surface area contributed by atoms with E-state index in [1.165, 1.54) is 38.6 Å². The van der Waals surface area contributed by atoms with E-state index in [0.717, 1.165) is 25.0 Å². The molecule has 1 saturated carbocycles. The molecule has 0 heterocycles. The van der Waals surface area contributed by atoms with Crippen molar-refractivity contribution < 1.29 is 4.74 Å². The molecule has 1 fully saturated rings. The minimum atomic E-state index is 0.000859. The molecule has 0 radical (unpaired) electrons. The minimum Gasteiger partial charge on any atom is -0.375 e. The molecule has 0 spiro atoms. The summed E-state index contributed by atoms with van der Waals surface area (Å²) in [6.07, 6.45) is 7.11. The van der Waals surface area contributed by atoms with Gasteiger partial charge < -0.3 is 10.1 Å². The van der Waals surface area contributed by atoms with Crippen LogP contribution >= 0.6 is 0 Å². The zero-order valence-electron chi connectivity index (χ0n) is 12.2. The standard InChI is InChI=1S/C15H31NO/c1-5-13-6-8-14(9-7-13)12-16-10-11-17-15(2,3)4/h13-14,16H,5-12H2,1-4H3. The normalized spacial score (nSPS) is 26.1. The van der Waals surface area contributed by atoms with Crippen LogP contribution in [0.4, 0.5) is 0 Å². The summed E-state index contributed by atoms with van der Waals surface area (Å²) >= 11 is 0. The van der Waals surface area contributed by atoms with Gasteiger partial charge in [-0.05, 0) is 52.0 Å². The second-order valence-corrected chi connectivity index (χ2v) is 6.46. The Labute approximate surface area is 108 Å². The van der Waals surface area contributed by atoms with Gasteiger partial charge in [-0.15, -0.1) is 0 Å². The highest BCUT2D eigenvalue weighted by Gasteiger charge is 2.19. The lowest BCUT2D eigenvalue weighted by Gasteiger charge is -2.28. The molecule has 17 heavy (non-hydrogen) atoms. The van der Waals surface area contributed by atoms with Crippen molar-refractivity contribution in [2.24, 2.45) is 11.8 Å². The third-order valence-electron chi connectivity index (χ3n) is 3.79. The van der Waals surface area contributed by atoms with Crippen molar-refractivity contribution in [2.45, 2.75) is 65.4 Å². The predicted molar refractivity (Wildman–Crippen MR) is 74.3 cm³/mol. The Morgan fingerprint density at radius 3 is 2.18 bits per heavy atom. The summed E-state index contributed by atoms with van der Waals surface area (Å²) in [5.74, 6) is 1.92. The zero-order valence-corrected chi connectivity index (χ0v) is 12.2. The van der Waals surface area contributed by atoms with E-state index < -0.39 is 0 Å². The summed E-state index contributed by atoms with van der Waals surface area (Å²) in [4.78, 5) is 0. The molecule has 0 aromatic heterocycles. The van der Waals surface area contributed by atoms with Gasteiger partial charge in [-0.2, -0.15) is 0 Å². The van der Waals surface area contributed by atoms with Gasteiger partial charge in [0.1, 0.15) is 0 Å². The maximum absolute atomic E-state index is 5.69. The van der Waals surface area contributed by atoms with E-state index in [1.807, 2.05) is 0 Å². The molecule has 0 bridgehead atoms. The lowest BCUT2D eigenvalue weighted by Crippen LogP contribution is -2.31. The third-order valence-corrected chi connectivity index (χ3v) is 3.79. The molecule has 1 rings (SSSR count). The molecule has 2 nitrogen and oxygen atoms in total. The molecule has 0 amide bonds. The molecule has 0 aromatic rings. The van der Waals surface area contributed by atoms with Crippen LogP contribution in [-0.2, 0) is 4.74 Å². The van der Waals surface area contributed by atoms with Gasteiger partial charge in [0.15, 0.2) is 0 Å². The van der Waals surface area contributed by atoms with Gasteiger partial charge in [0.25, 0.3) is 0 Å². The van der Waals surface area contributed by atoms with Crippen LogP contribution in [0.3, 0.4) is 0 Å². The zero-order chi connectivity index (χ0) is 12.7. The highest BCUT2D eigenvalue weighted by Crippen LogP contribution is 2.29. The summed E-state index contributed by atoms with van der Waals surface area (Å²) in [6, 6.07) is 0. The van der Waals surface area contributed by atoms with Crippen molar-refractivity contribution in [2.75, 3.05) is 19.7 Å². The summed E-state index contributed by atoms with van der Waals surface area (Å²) in [7, 11) is 0. The minimum absolute atomic E-state index is 0.000859. The molecule has 2 heteroatoms. The lowest BCUT2D eigenvalue weighted by molar-refractivity contribution is -0.00115. The van der Waals surface area contributed by atoms with E-state index in [2.05, 4.69) is 33.0 Å². The molecule has 102 valence electrons. The van der Waals surface area contributed by atoms with Crippen LogP contribution in [0.1, 0.15) is 59.8 Å². The van der Waals surface area contributed by atoms with Crippen LogP contribution in [-0.4, -0.2) is 25.3 Å². The predicted octanol–water partition coefficient (Wildman–Crippen LogP) is 3.61. The third kappa shape index (κ3) is 7.05. The molecule has 0 saturated heterocycles. The molecule has 0 aromatic carbocycles. The Kier molecular flexibility index (Phi) is 6.50. The van der Waals surface area contributed by atoms with Crippen molar-refractivity contribution in [3.05, 3.63) is 0 Å². The average Bonchev–Trinajstić information content (AvgIpc) is 2.28. The van der Waals surface area contributed by atoms with Crippen molar-refractivity contribution in [3.8, 4) is 0 Å². The number of nitrogens with one attached hydrogen (secondary N) is 1. The molecule has 1 aliphatic carbocycles. The lowest BCUT2D eigenvalue weighted by atomic mass is 9.81. The van der Waals surface area contributed by atoms with Crippen LogP contribution in [0.2, 0.25) is 0 Å². The van der Waals surface area contributed by atoms with E-state index in [4.69, 9.17) is 4.74 Å². The summed E-state index contributed by atoms with van der Waals surface area (Å²) < 4.78 is 5.69. The molecule has 1 aliphatic rings. The van der Waals surface area contributed by atoms with Crippen LogP contribution in [0.25, 0.3) is 0 Å². The SMILES string of the molecule is CCC1CCC(CNCCOC(C)(C)C)CC1. The first kappa shape index (κ1) is 15.0. The van der Waals surface area contributed by atoms with Gasteiger partial charge in [0.2, 0.25) is 0 Å². The summed E-state index contributed by atoms with van der Waals surface area (Å²) in [5, 5.41) is 3.54. The molecular formula is C15H31NO. The van der Waals surface area contributed by atoms with E-state index in [-0.39, 0.29) is 5.60 Å². The van der Waals surface area contributed by atoms with Crippen LogP contribution in [0.15, 0.2) is 0 Å². The average molecular weight is 241 g/mol. The van der Waals surface area contributed by atoms with Crippen LogP contribution in [0, 0.1) is 11.8 Å². The van der Waals surface area contributed by atoms with Gasteiger partial charge in [-0.1, -0.05) is 26.2 Å². The van der Waals surface area contributed by atoms with Crippen LogP contribution in [0.5, 0.6) is 0 Å². The van der Waals surface area contributed by atoms with E-state index in [1.54, 1.807) is 0 Å². The monoisotopic (exact) mass is 241 g/mol. The summed E-state index contributed by atoms with van der Waals surface area (Å²) in [6.45, 7) is 11.7. The Morgan fingerprint density at radius 2 is 1.65 bits per heavy atom. The van der Waals surface area contributed by atoms with Gasteiger partial charge >= 0.3 is 0 Å². The van der Waals surface area contributed by atoms with Gasteiger partial charge in [-0.3, -0.25) is 0 Å². The number of hydrogen-bond donors (Lipinski definition) is 1. The van der Waals surface area contributed by atoms with Crippen LogP contribution < -0.4 is 5.32 Å². The topological polar surface area (TPSA) is 21.3 Å². The highest BCUT2D eigenvalue weighted by molar-refractivity contribution is 4.73. The quantitative estimate of drug-likeness (QED) is 0.717. The van der Waals surface area contributed by atoms with E-state index >= 15 is 0 Å². The molecule has 1 N–H and O–H groups in total. The fraction of sp³-hybridized carbons (Fsp3) is 1.00. The number of hydrogen-bond acceptors (Lipinski definition) is 2. The maximum atomic E-state index is 5.69. The smallest absolute Gasteiger partial charge is 0.0599 e. The second kappa shape index (κ2) is 7.38. The Hall–Kier alpha value is -0.0800. The fourth-order valence-corrected chi connectivity index (χ4v) is 2.58. The van der Waals surface area contributed by atoms with Gasteiger partial charge in [0, 0.05) is 6.54 Å². The van der Waals surface area contributed by atoms with Crippen molar-refractivity contribution >= 4 is 0 Å². The van der Waals surface area contributed by atoms with Gasteiger partial charge in [0.05, 0.1) is 12.2 Å². The Bertz CT molecular complexity index is 190. The fourth-order valence-electron chi connectivity index (χ4n) is 2.58. The highest BCUT2D eigenvalue weighted by atomic mass is 16.5. The second-order valence-electron chi connectivity index (χ2n) is 6.46. The van der Waals surface area contributed by atoms with E-state index in [9.17, 15) is 0 Å². The maximum Gasteiger partial charge on any atom is 0.0599 e. The molecule has 0 unspecified atom stereocenters. The first-order valence-electron chi connectivity index (χ1n) is 7.36. The van der Waals surface area contributed by atoms with E-state index in [0.29, 0.717) is 0 Å². The first-order chi connectivity index (χ1) is 8.01. The number of rotatable bonds is 6. The number of ether oxygens (including phenoxy) is 1. The summed E-state index contributed by atoms with van der Waals surface area (Å²) in [5.41, 5.74) is 0.000859. The first-order valence-corrected chi connectivity index (χ1v) is 7.36. The van der Waals surface area contributed by atoms with Gasteiger partial charge in [-0.25, -0.2) is 0 Å². The molecule has 0 aliphatic heterocycles. The van der Waals surface area contributed by atoms with Crippen molar-refractivity contribution in [1.29, 1.82) is 0 Å². The Morgan fingerprint density at radius 1 is 1.06 bits per heavy atom.